The first-order valence-electron chi connectivity index (χ1n) is 13.7. The largest absolute Gasteiger partial charge is 0.444 e. The Labute approximate surface area is 242 Å². The Balaban J connectivity index is 1.74. The number of nitrogens with two attached hydrogens (primary N) is 1. The second kappa shape index (κ2) is 12.4. The third-order valence-corrected chi connectivity index (χ3v) is 9.57. The van der Waals surface area contributed by atoms with Crippen LogP contribution in [0, 0.1) is 16.7 Å². The van der Waals surface area contributed by atoms with E-state index in [-0.39, 0.29) is 28.6 Å². The number of rotatable bonds is 12. The van der Waals surface area contributed by atoms with Crippen LogP contribution in [0.4, 0.5) is 5.69 Å². The summed E-state index contributed by atoms with van der Waals surface area (Å²) in [5, 5.41) is 12.2. The lowest BCUT2D eigenvalue weighted by molar-refractivity contribution is -0.126. The van der Waals surface area contributed by atoms with Crippen molar-refractivity contribution < 1.29 is 14.3 Å². The molecule has 1 aromatic carbocycles. The Morgan fingerprint density at radius 2 is 1.58 bits per heavy atom. The van der Waals surface area contributed by atoms with Crippen molar-refractivity contribution in [3.8, 4) is 6.07 Å². The monoisotopic (exact) mass is 645 g/mol. The third kappa shape index (κ3) is 5.09. The van der Waals surface area contributed by atoms with Gasteiger partial charge in [0.2, 0.25) is 11.8 Å². The maximum Gasteiger partial charge on any atom is 0.247 e. The molecule has 0 aromatic heterocycles. The summed E-state index contributed by atoms with van der Waals surface area (Å²) in [5.41, 5.74) is 6.27. The van der Waals surface area contributed by atoms with Crippen LogP contribution in [0.25, 0.3) is 0 Å². The van der Waals surface area contributed by atoms with Gasteiger partial charge < -0.3 is 15.4 Å². The number of nitriles is 1. The Morgan fingerprint density at radius 3 is 2.18 bits per heavy atom. The van der Waals surface area contributed by atoms with E-state index in [2.05, 4.69) is 37.9 Å². The van der Waals surface area contributed by atoms with Gasteiger partial charge >= 0.3 is 0 Å². The molecule has 6 nitrogen and oxygen atoms in total. The van der Waals surface area contributed by atoms with E-state index in [1.165, 1.54) is 0 Å². The van der Waals surface area contributed by atoms with E-state index in [1.54, 1.807) is 11.9 Å². The van der Waals surface area contributed by atoms with E-state index in [0.29, 0.717) is 35.4 Å². The number of unbranched alkanes of at least 4 members (excludes halogenated alkanes) is 6. The maximum absolute atomic E-state index is 14.2. The normalized spacial score (nSPS) is 22.0. The topological polar surface area (TPSA) is 96.4 Å². The summed E-state index contributed by atoms with van der Waals surface area (Å²) in [7, 11) is 1.69. The van der Waals surface area contributed by atoms with E-state index < -0.39 is 5.41 Å². The average Bonchev–Trinajstić information content (AvgIpc) is 3.11. The number of likely N-dealkylation sites (N-methyl/N-ethyl adjacent to an activating group) is 1. The third-order valence-electron chi connectivity index (χ3n) is 8.45. The summed E-state index contributed by atoms with van der Waals surface area (Å²) in [6.07, 6.45) is 11.8. The number of hydrogen-bond donors (Lipinski definition) is 1. The number of para-hydroxylation sites is 1. The molecule has 8 heteroatoms. The number of alkyl halides is 2. The molecule has 1 aromatic rings. The molecule has 4 rings (SSSR count). The van der Waals surface area contributed by atoms with Gasteiger partial charge in [0.15, 0.2) is 5.78 Å². The molecular weight excluding hydrogens is 610 g/mol. The fourth-order valence-corrected chi connectivity index (χ4v) is 7.42. The highest BCUT2D eigenvalue weighted by Crippen LogP contribution is 2.58. The minimum absolute atomic E-state index is 0.0171. The van der Waals surface area contributed by atoms with Gasteiger partial charge in [-0.2, -0.15) is 5.26 Å². The van der Waals surface area contributed by atoms with Crippen LogP contribution in [0.1, 0.15) is 82.6 Å². The SMILES string of the molecule is CN1C(=O)C2(C(C#N)=C(N)OC3=C2C(=O)CC(CCCCCCBr)(CCCCCCBr)C3)c2ccccc21. The molecule has 1 atom stereocenters. The molecule has 0 radical (unpaired) electrons. The van der Waals surface area contributed by atoms with Gasteiger partial charge in [0.05, 0.1) is 5.57 Å². The molecule has 2 heterocycles. The highest BCUT2D eigenvalue weighted by Gasteiger charge is 2.62. The molecule has 0 fully saturated rings. The van der Waals surface area contributed by atoms with Gasteiger partial charge in [-0.1, -0.05) is 88.6 Å². The van der Waals surface area contributed by atoms with Crippen molar-refractivity contribution in [3.05, 3.63) is 52.6 Å². The van der Waals surface area contributed by atoms with Crippen molar-refractivity contribution in [1.29, 1.82) is 5.26 Å². The number of nitrogens with zero attached hydrogens (tertiary/aromatic N) is 2. The number of fused-ring (bicyclic) bond motifs is 3. The first kappa shape index (κ1) is 28.9. The Kier molecular flexibility index (Phi) is 9.41. The number of carbonyl (C=O) groups excluding carboxylic acids is 2. The summed E-state index contributed by atoms with van der Waals surface area (Å²) >= 11 is 7.03. The number of ether oxygens (including phenoxy) is 1. The summed E-state index contributed by atoms with van der Waals surface area (Å²) in [6, 6.07) is 9.52. The molecule has 2 aliphatic heterocycles. The van der Waals surface area contributed by atoms with E-state index in [1.807, 2.05) is 24.3 Å². The maximum atomic E-state index is 14.2. The fraction of sp³-hybridized carbons (Fsp3) is 0.567. The summed E-state index contributed by atoms with van der Waals surface area (Å²) < 4.78 is 6.11. The number of hydrogen-bond acceptors (Lipinski definition) is 5. The number of Topliss-reactive ketones (excluding diaryl/α,β-unsaturated/α-hetero) is 1. The number of amides is 1. The molecule has 2 N–H and O–H groups in total. The summed E-state index contributed by atoms with van der Waals surface area (Å²) in [6.45, 7) is 0. The molecule has 1 amide bonds. The zero-order chi connectivity index (χ0) is 27.3. The minimum Gasteiger partial charge on any atom is -0.444 e. The highest BCUT2D eigenvalue weighted by atomic mass is 79.9. The van der Waals surface area contributed by atoms with Crippen molar-refractivity contribution in [2.45, 2.75) is 82.5 Å². The van der Waals surface area contributed by atoms with Crippen molar-refractivity contribution in [1.82, 2.24) is 0 Å². The van der Waals surface area contributed by atoms with Crippen LogP contribution in [0.2, 0.25) is 0 Å². The van der Waals surface area contributed by atoms with Crippen LogP contribution in [0.5, 0.6) is 0 Å². The average molecular weight is 647 g/mol. The number of benzene rings is 1. The number of carbonyl (C=O) groups is 2. The van der Waals surface area contributed by atoms with E-state index in [9.17, 15) is 14.9 Å². The van der Waals surface area contributed by atoms with E-state index >= 15 is 0 Å². The minimum atomic E-state index is -1.53. The zero-order valence-corrected chi connectivity index (χ0v) is 25.3. The molecule has 204 valence electrons. The lowest BCUT2D eigenvalue weighted by Gasteiger charge is -2.44. The zero-order valence-electron chi connectivity index (χ0n) is 22.2. The number of allylic oxidation sites excluding steroid dienone is 1. The molecule has 0 saturated heterocycles. The van der Waals surface area contributed by atoms with Crippen LogP contribution in [-0.2, 0) is 19.7 Å². The van der Waals surface area contributed by atoms with Gasteiger partial charge in [0.25, 0.3) is 0 Å². The predicted molar refractivity (Wildman–Crippen MR) is 157 cm³/mol. The van der Waals surface area contributed by atoms with E-state index in [4.69, 9.17) is 10.5 Å². The van der Waals surface area contributed by atoms with Gasteiger partial charge in [0.1, 0.15) is 22.8 Å². The summed E-state index contributed by atoms with van der Waals surface area (Å²) in [5.74, 6) is 0.00493. The van der Waals surface area contributed by atoms with Crippen LogP contribution in [0.3, 0.4) is 0 Å². The number of anilines is 1. The Hall–Kier alpha value is -2.11. The van der Waals surface area contributed by atoms with Gasteiger partial charge in [0, 0.05) is 41.8 Å². The smallest absolute Gasteiger partial charge is 0.247 e. The number of halogens is 2. The van der Waals surface area contributed by atoms with Gasteiger partial charge in [-0.25, -0.2) is 0 Å². The molecule has 0 saturated carbocycles. The van der Waals surface area contributed by atoms with Crippen LogP contribution in [0.15, 0.2) is 47.1 Å². The first-order chi connectivity index (χ1) is 18.4. The molecule has 3 aliphatic rings. The van der Waals surface area contributed by atoms with Crippen LogP contribution in [-0.4, -0.2) is 29.4 Å². The lowest BCUT2D eigenvalue weighted by atomic mass is 9.59. The van der Waals surface area contributed by atoms with Crippen molar-refractivity contribution in [3.63, 3.8) is 0 Å². The Morgan fingerprint density at radius 1 is 0.974 bits per heavy atom. The second-order valence-electron chi connectivity index (χ2n) is 10.9. The van der Waals surface area contributed by atoms with Crippen LogP contribution < -0.4 is 10.6 Å². The lowest BCUT2D eigenvalue weighted by Crippen LogP contribution is -2.50. The first-order valence-corrected chi connectivity index (χ1v) is 15.9. The van der Waals surface area contributed by atoms with Gasteiger partial charge in [-0.15, -0.1) is 0 Å². The molecular formula is C30H37Br2N3O3. The van der Waals surface area contributed by atoms with Crippen LogP contribution >= 0.6 is 31.9 Å². The predicted octanol–water partition coefficient (Wildman–Crippen LogP) is 6.92. The molecule has 38 heavy (non-hydrogen) atoms. The molecule has 1 unspecified atom stereocenters. The number of ketones is 1. The van der Waals surface area contributed by atoms with Gasteiger partial charge in [-0.3, -0.25) is 9.59 Å². The highest BCUT2D eigenvalue weighted by molar-refractivity contribution is 9.09. The molecule has 1 aliphatic carbocycles. The Bertz CT molecular complexity index is 1170. The van der Waals surface area contributed by atoms with Crippen molar-refractivity contribution in [2.24, 2.45) is 11.1 Å². The molecule has 1 spiro atoms. The standard InChI is InChI=1S/C30H37Br2N3O3/c1-35-23-13-7-6-12-21(23)30(28(35)37)22(20-33)27(34)38-25-19-29(18-24(36)26(25)30,14-8-2-4-10-16-31)15-9-3-5-11-17-32/h6-7,12-13H,2-5,8-11,14-19,34H2,1H3. The van der Waals surface area contributed by atoms with E-state index in [0.717, 1.165) is 74.9 Å². The van der Waals surface area contributed by atoms with Crippen molar-refractivity contribution in [2.75, 3.05) is 22.6 Å². The second-order valence-corrected chi connectivity index (χ2v) is 12.5. The fourth-order valence-electron chi connectivity index (χ4n) is 6.63. The van der Waals surface area contributed by atoms with Crippen molar-refractivity contribution >= 4 is 49.2 Å². The quantitative estimate of drug-likeness (QED) is 0.196. The van der Waals surface area contributed by atoms with Gasteiger partial charge in [-0.05, 0) is 37.2 Å². The summed E-state index contributed by atoms with van der Waals surface area (Å²) in [4.78, 5) is 29.7. The molecule has 0 bridgehead atoms.